The van der Waals surface area contributed by atoms with Crippen molar-refractivity contribution in [3.63, 3.8) is 0 Å². The minimum atomic E-state index is -0.334. The molecule has 2 N–H and O–H groups in total. The lowest BCUT2D eigenvalue weighted by molar-refractivity contribution is 0.102. The van der Waals surface area contributed by atoms with E-state index >= 15 is 0 Å². The van der Waals surface area contributed by atoms with Crippen molar-refractivity contribution in [1.29, 1.82) is 0 Å². The summed E-state index contributed by atoms with van der Waals surface area (Å²) < 4.78 is 4.60. The van der Waals surface area contributed by atoms with Crippen LogP contribution in [0, 0.1) is 0 Å². The van der Waals surface area contributed by atoms with Crippen LogP contribution in [0.4, 0.5) is 11.6 Å². The maximum absolute atomic E-state index is 11.8. The van der Waals surface area contributed by atoms with Gasteiger partial charge in [0.15, 0.2) is 5.82 Å². The van der Waals surface area contributed by atoms with Gasteiger partial charge in [-0.3, -0.25) is 4.79 Å². The van der Waals surface area contributed by atoms with E-state index in [0.29, 0.717) is 17.2 Å². The summed E-state index contributed by atoms with van der Waals surface area (Å²) in [5, 5.41) is 9.18. The van der Waals surface area contributed by atoms with Crippen molar-refractivity contribution >= 4 is 29.1 Å². The van der Waals surface area contributed by atoms with E-state index in [0.717, 1.165) is 0 Å². The Labute approximate surface area is 102 Å². The van der Waals surface area contributed by atoms with E-state index in [4.69, 9.17) is 11.6 Å². The standard InChI is InChI=1S/C10H9ClN4O2/c1-12-9-5-6(4-7(11)13-9)10(16)14-8-2-3-17-15-8/h2-5H,1H3,(H,12,13)(H,14,15,16). The molecule has 2 heterocycles. The molecule has 0 aliphatic carbocycles. The van der Waals surface area contributed by atoms with Crippen LogP contribution < -0.4 is 10.6 Å². The second-order valence-corrected chi connectivity index (χ2v) is 3.54. The van der Waals surface area contributed by atoms with Gasteiger partial charge in [-0.25, -0.2) is 4.98 Å². The Hall–Kier alpha value is -2.08. The number of carbonyl (C=O) groups is 1. The zero-order valence-electron chi connectivity index (χ0n) is 8.90. The van der Waals surface area contributed by atoms with Crippen LogP contribution in [0.1, 0.15) is 10.4 Å². The van der Waals surface area contributed by atoms with Gasteiger partial charge in [-0.2, -0.15) is 0 Å². The molecule has 0 unspecified atom stereocenters. The lowest BCUT2D eigenvalue weighted by atomic mass is 10.2. The first kappa shape index (κ1) is 11.4. The number of amides is 1. The van der Waals surface area contributed by atoms with Gasteiger partial charge in [0, 0.05) is 18.7 Å². The van der Waals surface area contributed by atoms with Crippen molar-refractivity contribution in [3.8, 4) is 0 Å². The highest BCUT2D eigenvalue weighted by atomic mass is 35.5. The second-order valence-electron chi connectivity index (χ2n) is 3.15. The number of halogens is 1. The topological polar surface area (TPSA) is 80.0 Å². The highest BCUT2D eigenvalue weighted by Gasteiger charge is 2.10. The molecule has 0 aromatic carbocycles. The highest BCUT2D eigenvalue weighted by Crippen LogP contribution is 2.15. The highest BCUT2D eigenvalue weighted by molar-refractivity contribution is 6.30. The zero-order chi connectivity index (χ0) is 12.3. The van der Waals surface area contributed by atoms with Gasteiger partial charge >= 0.3 is 0 Å². The summed E-state index contributed by atoms with van der Waals surface area (Å²) >= 11 is 5.79. The van der Waals surface area contributed by atoms with Crippen LogP contribution in [0.3, 0.4) is 0 Å². The maximum Gasteiger partial charge on any atom is 0.257 e. The predicted molar refractivity (Wildman–Crippen MR) is 63.2 cm³/mol. The van der Waals surface area contributed by atoms with Gasteiger partial charge in [0.1, 0.15) is 17.2 Å². The molecule has 0 saturated carbocycles. The molecule has 0 aliphatic rings. The predicted octanol–water partition coefficient (Wildman–Crippen LogP) is 2.02. The summed E-state index contributed by atoms with van der Waals surface area (Å²) in [5.74, 6) is 0.524. The van der Waals surface area contributed by atoms with E-state index in [1.165, 1.54) is 12.3 Å². The first-order valence-electron chi connectivity index (χ1n) is 4.76. The fourth-order valence-electron chi connectivity index (χ4n) is 1.22. The van der Waals surface area contributed by atoms with E-state index in [2.05, 4.69) is 25.3 Å². The summed E-state index contributed by atoms with van der Waals surface area (Å²) in [6.45, 7) is 0. The van der Waals surface area contributed by atoms with Gasteiger partial charge in [-0.1, -0.05) is 16.8 Å². The second kappa shape index (κ2) is 4.84. The van der Waals surface area contributed by atoms with Gasteiger partial charge < -0.3 is 15.2 Å². The average molecular weight is 253 g/mol. The third-order valence-electron chi connectivity index (χ3n) is 1.99. The first-order chi connectivity index (χ1) is 8.19. The molecule has 2 rings (SSSR count). The molecule has 0 spiro atoms. The lowest BCUT2D eigenvalue weighted by Gasteiger charge is -2.04. The summed E-state index contributed by atoms with van der Waals surface area (Å²) in [6, 6.07) is 4.60. The van der Waals surface area contributed by atoms with Crippen molar-refractivity contribution in [3.05, 3.63) is 35.2 Å². The van der Waals surface area contributed by atoms with Crippen molar-refractivity contribution in [2.24, 2.45) is 0 Å². The van der Waals surface area contributed by atoms with Crippen molar-refractivity contribution in [1.82, 2.24) is 10.1 Å². The van der Waals surface area contributed by atoms with Crippen molar-refractivity contribution in [2.75, 3.05) is 17.7 Å². The number of carbonyl (C=O) groups excluding carboxylic acids is 1. The van der Waals surface area contributed by atoms with Crippen LogP contribution >= 0.6 is 11.6 Å². The summed E-state index contributed by atoms with van der Waals surface area (Å²) in [5.41, 5.74) is 0.386. The number of nitrogens with one attached hydrogen (secondary N) is 2. The Morgan fingerprint density at radius 3 is 2.88 bits per heavy atom. The van der Waals surface area contributed by atoms with Gasteiger partial charge in [0.2, 0.25) is 0 Å². The molecule has 0 saturated heterocycles. The maximum atomic E-state index is 11.8. The molecule has 0 fully saturated rings. The number of nitrogens with zero attached hydrogens (tertiary/aromatic N) is 2. The smallest absolute Gasteiger partial charge is 0.257 e. The number of anilines is 2. The van der Waals surface area contributed by atoms with Crippen LogP contribution in [-0.2, 0) is 0 Å². The SMILES string of the molecule is CNc1cc(C(=O)Nc2ccon2)cc(Cl)n1. The number of hydrogen-bond donors (Lipinski definition) is 2. The molecule has 0 aliphatic heterocycles. The molecule has 17 heavy (non-hydrogen) atoms. The first-order valence-corrected chi connectivity index (χ1v) is 5.14. The molecule has 7 heteroatoms. The van der Waals surface area contributed by atoms with Crippen molar-refractivity contribution in [2.45, 2.75) is 0 Å². The van der Waals surface area contributed by atoms with E-state index < -0.39 is 0 Å². The molecular formula is C10H9ClN4O2. The largest absolute Gasteiger partial charge is 0.373 e. The van der Waals surface area contributed by atoms with E-state index in [9.17, 15) is 4.79 Å². The van der Waals surface area contributed by atoms with Gasteiger partial charge in [0.05, 0.1) is 0 Å². The van der Waals surface area contributed by atoms with E-state index in [-0.39, 0.29) is 11.1 Å². The fourth-order valence-corrected chi connectivity index (χ4v) is 1.43. The third kappa shape index (κ3) is 2.73. The van der Waals surface area contributed by atoms with Crippen LogP contribution in [0.25, 0.3) is 0 Å². The molecule has 0 radical (unpaired) electrons. The number of hydrogen-bond acceptors (Lipinski definition) is 5. The van der Waals surface area contributed by atoms with Crippen LogP contribution in [0.15, 0.2) is 29.0 Å². The van der Waals surface area contributed by atoms with Crippen LogP contribution in [0.2, 0.25) is 5.15 Å². The zero-order valence-corrected chi connectivity index (χ0v) is 9.65. The number of rotatable bonds is 3. The molecule has 2 aromatic rings. The molecular weight excluding hydrogens is 244 g/mol. The summed E-state index contributed by atoms with van der Waals surface area (Å²) in [4.78, 5) is 15.8. The van der Waals surface area contributed by atoms with Gasteiger partial charge in [0.25, 0.3) is 5.91 Å². The molecule has 6 nitrogen and oxygen atoms in total. The minimum Gasteiger partial charge on any atom is -0.373 e. The quantitative estimate of drug-likeness (QED) is 0.817. The summed E-state index contributed by atoms with van der Waals surface area (Å²) in [6.07, 6.45) is 1.37. The number of pyridine rings is 1. The Morgan fingerprint density at radius 2 is 2.24 bits per heavy atom. The van der Waals surface area contributed by atoms with Gasteiger partial charge in [-0.15, -0.1) is 0 Å². The van der Waals surface area contributed by atoms with Crippen LogP contribution in [0.5, 0.6) is 0 Å². The molecule has 1 amide bonds. The Morgan fingerprint density at radius 1 is 1.41 bits per heavy atom. The monoisotopic (exact) mass is 252 g/mol. The third-order valence-corrected chi connectivity index (χ3v) is 2.19. The number of aromatic nitrogens is 2. The lowest BCUT2D eigenvalue weighted by Crippen LogP contribution is -2.12. The van der Waals surface area contributed by atoms with E-state index in [1.807, 2.05) is 0 Å². The summed E-state index contributed by atoms with van der Waals surface area (Å²) in [7, 11) is 1.69. The van der Waals surface area contributed by atoms with E-state index in [1.54, 1.807) is 19.2 Å². The van der Waals surface area contributed by atoms with Crippen molar-refractivity contribution < 1.29 is 9.32 Å². The Balaban J connectivity index is 2.21. The van der Waals surface area contributed by atoms with Crippen LogP contribution in [-0.4, -0.2) is 23.1 Å². The minimum absolute atomic E-state index is 0.238. The molecule has 2 aromatic heterocycles. The Kier molecular flexibility index (Phi) is 3.24. The average Bonchev–Trinajstić information content (AvgIpc) is 2.81. The normalized spacial score (nSPS) is 10.0. The fraction of sp³-hybridized carbons (Fsp3) is 0.100. The molecule has 0 bridgehead atoms. The van der Waals surface area contributed by atoms with Gasteiger partial charge in [-0.05, 0) is 12.1 Å². The Bertz CT molecular complexity index is 527. The molecule has 0 atom stereocenters. The molecule has 88 valence electrons.